The first-order chi connectivity index (χ1) is 5.31. The lowest BCUT2D eigenvalue weighted by molar-refractivity contribution is 0.245. The molecule has 0 bridgehead atoms. The van der Waals surface area contributed by atoms with Crippen molar-refractivity contribution in [2.75, 3.05) is 12.4 Å². The molecule has 11 heavy (non-hydrogen) atoms. The molecule has 2 rings (SSSR count). The van der Waals surface area contributed by atoms with Crippen LogP contribution >= 0.6 is 11.8 Å². The van der Waals surface area contributed by atoms with Crippen molar-refractivity contribution < 1.29 is 9.90 Å². The second-order valence-electron chi connectivity index (χ2n) is 2.80. The molecule has 3 N–H and O–H groups in total. The summed E-state index contributed by atoms with van der Waals surface area (Å²) in [4.78, 5) is 10.8. The van der Waals surface area contributed by atoms with Crippen molar-refractivity contribution in [2.45, 2.75) is 17.3 Å². The Hall–Kier alpha value is -0.420. The van der Waals surface area contributed by atoms with Crippen LogP contribution in [0.5, 0.6) is 0 Å². The number of carbonyl (C=O) groups excluding carboxylic acids is 1. The molecule has 0 aromatic heterocycles. The lowest BCUT2D eigenvalue weighted by Crippen LogP contribution is -2.38. The Bertz CT molecular complexity index is 187. The van der Waals surface area contributed by atoms with E-state index in [4.69, 9.17) is 5.11 Å². The van der Waals surface area contributed by atoms with Gasteiger partial charge in [0.1, 0.15) is 0 Å². The number of aliphatic hydroxyl groups excluding tert-OH is 1. The summed E-state index contributed by atoms with van der Waals surface area (Å²) in [7, 11) is 0. The molecule has 0 saturated carbocycles. The third-order valence-electron chi connectivity index (χ3n) is 2.12. The number of aliphatic hydroxyl groups is 1. The second-order valence-corrected chi connectivity index (χ2v) is 4.08. The number of amides is 2. The molecule has 2 fully saturated rings. The highest BCUT2D eigenvalue weighted by molar-refractivity contribution is 8.00. The molecule has 5 heteroatoms. The largest absolute Gasteiger partial charge is 0.395 e. The molecule has 0 radical (unpaired) electrons. The zero-order valence-electron chi connectivity index (χ0n) is 5.91. The normalized spacial score (nSPS) is 41.5. The maximum Gasteiger partial charge on any atom is 0.315 e. The standard InChI is InChI=1S/C6H10N2O2S/c9-1-4-5-3(2-11-4)7-6(10)8-5/h3-5,9H,1-2H2,(H2,7,8,10)/t3-,4-,5-/m0/s1. The average Bonchev–Trinajstić information content (AvgIpc) is 2.45. The molecule has 4 nitrogen and oxygen atoms in total. The van der Waals surface area contributed by atoms with Crippen molar-refractivity contribution in [3.8, 4) is 0 Å². The maximum absolute atomic E-state index is 10.8. The van der Waals surface area contributed by atoms with Crippen LogP contribution < -0.4 is 10.6 Å². The first-order valence-electron chi connectivity index (χ1n) is 3.61. The average molecular weight is 174 g/mol. The molecule has 0 unspecified atom stereocenters. The molecule has 2 saturated heterocycles. The van der Waals surface area contributed by atoms with Gasteiger partial charge in [-0.3, -0.25) is 0 Å². The van der Waals surface area contributed by atoms with Crippen LogP contribution in [0.1, 0.15) is 0 Å². The fourth-order valence-electron chi connectivity index (χ4n) is 1.55. The van der Waals surface area contributed by atoms with Crippen molar-refractivity contribution in [3.05, 3.63) is 0 Å². The second kappa shape index (κ2) is 2.57. The van der Waals surface area contributed by atoms with Gasteiger partial charge in [0.2, 0.25) is 0 Å². The third kappa shape index (κ3) is 1.08. The van der Waals surface area contributed by atoms with E-state index in [0.29, 0.717) is 0 Å². The monoisotopic (exact) mass is 174 g/mol. The number of carbonyl (C=O) groups is 1. The minimum atomic E-state index is -0.0984. The van der Waals surface area contributed by atoms with Crippen LogP contribution in [0.4, 0.5) is 4.79 Å². The smallest absolute Gasteiger partial charge is 0.315 e. The summed E-state index contributed by atoms with van der Waals surface area (Å²) in [5, 5.41) is 14.7. The highest BCUT2D eigenvalue weighted by atomic mass is 32.2. The molecular formula is C6H10N2O2S. The fraction of sp³-hybridized carbons (Fsp3) is 0.833. The van der Waals surface area contributed by atoms with Crippen LogP contribution in [0, 0.1) is 0 Å². The van der Waals surface area contributed by atoms with E-state index < -0.39 is 0 Å². The Morgan fingerprint density at radius 2 is 2.45 bits per heavy atom. The van der Waals surface area contributed by atoms with Crippen LogP contribution in [-0.4, -0.2) is 40.8 Å². The predicted octanol–water partition coefficient (Wildman–Crippen LogP) is -0.856. The van der Waals surface area contributed by atoms with E-state index in [-0.39, 0.29) is 30.0 Å². The first kappa shape index (κ1) is 7.24. The van der Waals surface area contributed by atoms with Gasteiger partial charge in [-0.2, -0.15) is 11.8 Å². The summed E-state index contributed by atoms with van der Waals surface area (Å²) in [6.45, 7) is 0.147. The summed E-state index contributed by atoms with van der Waals surface area (Å²) in [6, 6.07) is 0.265. The Labute approximate surface area is 68.7 Å². The van der Waals surface area contributed by atoms with Gasteiger partial charge in [0.05, 0.1) is 23.9 Å². The zero-order chi connectivity index (χ0) is 7.84. The van der Waals surface area contributed by atoms with Crippen molar-refractivity contribution >= 4 is 17.8 Å². The molecular weight excluding hydrogens is 164 g/mol. The highest BCUT2D eigenvalue weighted by Gasteiger charge is 2.42. The van der Waals surface area contributed by atoms with Gasteiger partial charge in [-0.1, -0.05) is 0 Å². The van der Waals surface area contributed by atoms with E-state index in [0.717, 1.165) is 5.75 Å². The van der Waals surface area contributed by atoms with Crippen LogP contribution in [0.3, 0.4) is 0 Å². The van der Waals surface area contributed by atoms with E-state index in [1.54, 1.807) is 11.8 Å². The quantitative estimate of drug-likeness (QED) is 0.453. The van der Waals surface area contributed by atoms with Crippen LogP contribution in [-0.2, 0) is 0 Å². The molecule has 2 aliphatic rings. The summed E-state index contributed by atoms with van der Waals surface area (Å²) in [5.41, 5.74) is 0. The molecule has 2 aliphatic heterocycles. The topological polar surface area (TPSA) is 61.4 Å². The molecule has 62 valence electrons. The van der Waals surface area contributed by atoms with Gasteiger partial charge < -0.3 is 15.7 Å². The summed E-state index contributed by atoms with van der Waals surface area (Å²) < 4.78 is 0. The molecule has 0 aliphatic carbocycles. The van der Waals surface area contributed by atoms with Gasteiger partial charge >= 0.3 is 6.03 Å². The minimum Gasteiger partial charge on any atom is -0.395 e. The lowest BCUT2D eigenvalue weighted by atomic mass is 10.1. The lowest BCUT2D eigenvalue weighted by Gasteiger charge is -2.12. The zero-order valence-corrected chi connectivity index (χ0v) is 6.73. The van der Waals surface area contributed by atoms with Gasteiger partial charge in [-0.05, 0) is 0 Å². The van der Waals surface area contributed by atoms with Gasteiger partial charge in [0.25, 0.3) is 0 Å². The number of hydrogen-bond donors (Lipinski definition) is 3. The number of urea groups is 1. The molecule has 0 aromatic rings. The van der Waals surface area contributed by atoms with E-state index in [1.165, 1.54) is 0 Å². The van der Waals surface area contributed by atoms with Crippen molar-refractivity contribution in [2.24, 2.45) is 0 Å². The summed E-state index contributed by atoms with van der Waals surface area (Å²) in [5.74, 6) is 0.911. The van der Waals surface area contributed by atoms with Gasteiger partial charge in [0.15, 0.2) is 0 Å². The van der Waals surface area contributed by atoms with Crippen LogP contribution in [0.25, 0.3) is 0 Å². The number of thioether (sulfide) groups is 1. The summed E-state index contributed by atoms with van der Waals surface area (Å²) >= 11 is 1.71. The van der Waals surface area contributed by atoms with E-state index in [9.17, 15) is 4.79 Å². The van der Waals surface area contributed by atoms with E-state index >= 15 is 0 Å². The predicted molar refractivity (Wildman–Crippen MR) is 42.6 cm³/mol. The first-order valence-corrected chi connectivity index (χ1v) is 4.65. The van der Waals surface area contributed by atoms with Gasteiger partial charge in [-0.25, -0.2) is 4.79 Å². The molecule has 2 heterocycles. The van der Waals surface area contributed by atoms with Crippen molar-refractivity contribution in [1.29, 1.82) is 0 Å². The van der Waals surface area contributed by atoms with Crippen molar-refractivity contribution in [3.63, 3.8) is 0 Å². The minimum absolute atomic E-state index is 0.0984. The Morgan fingerprint density at radius 3 is 3.18 bits per heavy atom. The SMILES string of the molecule is O=C1N[C@H]2[C@H](CS[C@H]2CO)N1. The third-order valence-corrected chi connectivity index (χ3v) is 3.54. The molecule has 0 aromatic carbocycles. The van der Waals surface area contributed by atoms with Crippen LogP contribution in [0.2, 0.25) is 0 Å². The van der Waals surface area contributed by atoms with Crippen molar-refractivity contribution in [1.82, 2.24) is 10.6 Å². The number of fused-ring (bicyclic) bond motifs is 1. The van der Waals surface area contributed by atoms with E-state index in [2.05, 4.69) is 10.6 Å². The summed E-state index contributed by atoms with van der Waals surface area (Å²) in [6.07, 6.45) is 0. The fourth-order valence-corrected chi connectivity index (χ4v) is 2.86. The molecule has 3 atom stereocenters. The Morgan fingerprint density at radius 1 is 1.64 bits per heavy atom. The number of hydrogen-bond acceptors (Lipinski definition) is 3. The maximum atomic E-state index is 10.8. The Kier molecular flexibility index (Phi) is 1.69. The number of nitrogens with one attached hydrogen (secondary N) is 2. The molecule has 2 amide bonds. The van der Waals surface area contributed by atoms with Gasteiger partial charge in [0, 0.05) is 5.75 Å². The van der Waals surface area contributed by atoms with E-state index in [1.807, 2.05) is 0 Å². The number of rotatable bonds is 1. The molecule has 0 spiro atoms. The Balaban J connectivity index is 2.07. The van der Waals surface area contributed by atoms with Crippen LogP contribution in [0.15, 0.2) is 0 Å². The highest BCUT2D eigenvalue weighted by Crippen LogP contribution is 2.28. The van der Waals surface area contributed by atoms with Gasteiger partial charge in [-0.15, -0.1) is 0 Å².